The van der Waals surface area contributed by atoms with Crippen molar-refractivity contribution in [3.05, 3.63) is 0 Å². The molecule has 0 radical (unpaired) electrons. The molecule has 21 heavy (non-hydrogen) atoms. The highest BCUT2D eigenvalue weighted by Crippen LogP contribution is 2.26. The minimum Gasteiger partial charge on any atom is -0.379 e. The number of likely N-dealkylation sites (N-methyl/N-ethyl adjacent to an activating group) is 1. The Morgan fingerprint density at radius 2 is 1.57 bits per heavy atom. The van der Waals surface area contributed by atoms with Gasteiger partial charge in [0, 0.05) is 51.4 Å². The summed E-state index contributed by atoms with van der Waals surface area (Å²) in [5, 5.41) is 0. The molecule has 0 aromatic heterocycles. The Balaban J connectivity index is 1.60. The molecule has 0 aromatic carbocycles. The summed E-state index contributed by atoms with van der Waals surface area (Å²) in [6, 6.07) is 0.406. The second-order valence-electron chi connectivity index (χ2n) is 6.33. The van der Waals surface area contributed by atoms with Crippen LogP contribution in [0.15, 0.2) is 0 Å². The van der Waals surface area contributed by atoms with Crippen molar-refractivity contribution in [1.29, 1.82) is 0 Å². The number of rotatable bonds is 4. The summed E-state index contributed by atoms with van der Waals surface area (Å²) < 4.78 is 29.4. The highest BCUT2D eigenvalue weighted by atomic mass is 32.2. The van der Waals surface area contributed by atoms with E-state index in [1.165, 1.54) is 0 Å². The molecular weight excluding hydrogens is 290 g/mol. The van der Waals surface area contributed by atoms with Gasteiger partial charge in [0.1, 0.15) is 0 Å². The molecule has 3 heterocycles. The third-order valence-corrected chi connectivity index (χ3v) is 6.82. The average Bonchev–Trinajstić information content (AvgIpc) is 2.81. The van der Waals surface area contributed by atoms with E-state index in [0.717, 1.165) is 59.0 Å². The van der Waals surface area contributed by atoms with Crippen LogP contribution in [-0.2, 0) is 14.6 Å². The lowest BCUT2D eigenvalue weighted by Crippen LogP contribution is -2.60. The predicted molar refractivity (Wildman–Crippen MR) is 82.3 cm³/mol. The molecule has 122 valence electrons. The van der Waals surface area contributed by atoms with Crippen LogP contribution in [0.1, 0.15) is 6.92 Å². The lowest BCUT2D eigenvalue weighted by atomic mass is 10.0. The van der Waals surface area contributed by atoms with Crippen LogP contribution < -0.4 is 0 Å². The Morgan fingerprint density at radius 1 is 0.952 bits per heavy atom. The molecule has 6 nitrogen and oxygen atoms in total. The van der Waals surface area contributed by atoms with Crippen LogP contribution in [0.4, 0.5) is 0 Å². The van der Waals surface area contributed by atoms with Crippen molar-refractivity contribution < 1.29 is 13.2 Å². The van der Waals surface area contributed by atoms with Gasteiger partial charge < -0.3 is 4.74 Å². The number of morpholine rings is 1. The minimum absolute atomic E-state index is 0.199. The van der Waals surface area contributed by atoms with Gasteiger partial charge in [0.05, 0.1) is 24.7 Å². The van der Waals surface area contributed by atoms with E-state index in [0.29, 0.717) is 11.5 Å². The number of fused-ring (bicyclic) bond motifs is 1. The number of hydrogen-bond donors (Lipinski definition) is 0. The van der Waals surface area contributed by atoms with E-state index in [2.05, 4.69) is 21.6 Å². The first-order chi connectivity index (χ1) is 10.1. The summed E-state index contributed by atoms with van der Waals surface area (Å²) in [5.74, 6) is 0.691. The average molecular weight is 317 g/mol. The maximum Gasteiger partial charge on any atom is 0.153 e. The molecule has 7 heteroatoms. The molecule has 3 aliphatic rings. The third-order valence-electron chi connectivity index (χ3n) is 5.12. The highest BCUT2D eigenvalue weighted by Gasteiger charge is 2.45. The Kier molecular flexibility index (Phi) is 4.85. The Morgan fingerprint density at radius 3 is 2.24 bits per heavy atom. The number of nitrogens with zero attached hydrogens (tertiary/aromatic N) is 3. The van der Waals surface area contributed by atoms with Crippen LogP contribution in [0.2, 0.25) is 0 Å². The maximum absolute atomic E-state index is 12.0. The van der Waals surface area contributed by atoms with Crippen molar-refractivity contribution in [2.45, 2.75) is 19.0 Å². The first-order valence-electron chi connectivity index (χ1n) is 8.07. The van der Waals surface area contributed by atoms with Crippen molar-refractivity contribution in [2.75, 3.05) is 70.5 Å². The fourth-order valence-corrected chi connectivity index (χ4v) is 5.90. The van der Waals surface area contributed by atoms with E-state index in [9.17, 15) is 8.42 Å². The van der Waals surface area contributed by atoms with Crippen LogP contribution >= 0.6 is 0 Å². The zero-order valence-corrected chi connectivity index (χ0v) is 13.7. The molecule has 0 N–H and O–H groups in total. The van der Waals surface area contributed by atoms with E-state index in [1.807, 2.05) is 0 Å². The predicted octanol–water partition coefficient (Wildman–Crippen LogP) is -0.878. The first kappa shape index (κ1) is 15.7. The molecule has 0 aromatic rings. The fourth-order valence-electron chi connectivity index (χ4n) is 3.86. The van der Waals surface area contributed by atoms with Crippen molar-refractivity contribution in [1.82, 2.24) is 14.7 Å². The van der Waals surface area contributed by atoms with Gasteiger partial charge in [-0.3, -0.25) is 14.7 Å². The minimum atomic E-state index is -2.86. The summed E-state index contributed by atoms with van der Waals surface area (Å²) >= 11 is 0. The van der Waals surface area contributed by atoms with Crippen LogP contribution in [0, 0.1) is 0 Å². The monoisotopic (exact) mass is 317 g/mol. The van der Waals surface area contributed by atoms with E-state index in [-0.39, 0.29) is 12.1 Å². The lowest BCUT2D eigenvalue weighted by Gasteiger charge is -2.44. The first-order valence-corrected chi connectivity index (χ1v) is 9.90. The summed E-state index contributed by atoms with van der Waals surface area (Å²) in [6.07, 6.45) is 0. The van der Waals surface area contributed by atoms with Crippen molar-refractivity contribution in [3.63, 3.8) is 0 Å². The molecule has 0 bridgehead atoms. The van der Waals surface area contributed by atoms with E-state index in [1.54, 1.807) is 0 Å². The van der Waals surface area contributed by atoms with Crippen LogP contribution in [-0.4, -0.2) is 106 Å². The molecule has 3 rings (SSSR count). The van der Waals surface area contributed by atoms with Gasteiger partial charge in [-0.05, 0) is 6.54 Å². The maximum atomic E-state index is 12.0. The Hall–Kier alpha value is -0.210. The number of hydrogen-bond acceptors (Lipinski definition) is 6. The van der Waals surface area contributed by atoms with Crippen LogP contribution in [0.25, 0.3) is 0 Å². The van der Waals surface area contributed by atoms with Crippen LogP contribution in [0.5, 0.6) is 0 Å². The summed E-state index contributed by atoms with van der Waals surface area (Å²) in [4.78, 5) is 7.19. The van der Waals surface area contributed by atoms with Gasteiger partial charge in [-0.2, -0.15) is 0 Å². The number of ether oxygens (including phenoxy) is 1. The van der Waals surface area contributed by atoms with Gasteiger partial charge in [0.25, 0.3) is 0 Å². The zero-order chi connectivity index (χ0) is 14.9. The van der Waals surface area contributed by atoms with Gasteiger partial charge in [-0.1, -0.05) is 6.92 Å². The van der Waals surface area contributed by atoms with Crippen molar-refractivity contribution in [3.8, 4) is 0 Å². The SMILES string of the molecule is CCN1CCN(CCN2CCOCC2)[C@@H]2CS(=O)(=O)C[C@@H]21. The molecule has 0 unspecified atom stereocenters. The zero-order valence-electron chi connectivity index (χ0n) is 12.9. The van der Waals surface area contributed by atoms with Crippen molar-refractivity contribution >= 4 is 9.84 Å². The Bertz CT molecular complexity index is 450. The molecule has 3 aliphatic heterocycles. The van der Waals surface area contributed by atoms with Gasteiger partial charge in [0.2, 0.25) is 0 Å². The summed E-state index contributed by atoms with van der Waals surface area (Å²) in [7, 11) is -2.86. The molecule has 0 spiro atoms. The second kappa shape index (κ2) is 6.50. The van der Waals surface area contributed by atoms with Gasteiger partial charge in [-0.25, -0.2) is 8.42 Å². The van der Waals surface area contributed by atoms with Gasteiger partial charge in [-0.15, -0.1) is 0 Å². The molecule has 0 aliphatic carbocycles. The molecular formula is C14H27N3O3S. The molecule has 3 saturated heterocycles. The topological polar surface area (TPSA) is 53.1 Å². The fraction of sp³-hybridized carbons (Fsp3) is 1.00. The Labute approximate surface area is 127 Å². The largest absolute Gasteiger partial charge is 0.379 e. The van der Waals surface area contributed by atoms with Crippen molar-refractivity contribution in [2.24, 2.45) is 0 Å². The van der Waals surface area contributed by atoms with Gasteiger partial charge in [0.15, 0.2) is 9.84 Å². The quantitative estimate of drug-likeness (QED) is 0.671. The number of piperazine rings is 1. The smallest absolute Gasteiger partial charge is 0.153 e. The van der Waals surface area contributed by atoms with E-state index >= 15 is 0 Å². The highest BCUT2D eigenvalue weighted by molar-refractivity contribution is 7.91. The molecule has 3 fully saturated rings. The number of sulfone groups is 1. The molecule has 0 saturated carbocycles. The summed E-state index contributed by atoms with van der Waals surface area (Å²) in [5.41, 5.74) is 0. The standard InChI is InChI=1S/C14H27N3O3S/c1-2-16-5-6-17(4-3-15-7-9-20-10-8-15)14-12-21(18,19)11-13(14)16/h13-14H,2-12H2,1H3/t13-,14+/m0/s1. The second-order valence-corrected chi connectivity index (χ2v) is 8.48. The molecule has 0 amide bonds. The van der Waals surface area contributed by atoms with E-state index < -0.39 is 9.84 Å². The van der Waals surface area contributed by atoms with Crippen LogP contribution in [0.3, 0.4) is 0 Å². The van der Waals surface area contributed by atoms with E-state index in [4.69, 9.17) is 4.74 Å². The van der Waals surface area contributed by atoms with Gasteiger partial charge >= 0.3 is 0 Å². The normalized spacial score (nSPS) is 34.9. The lowest BCUT2D eigenvalue weighted by molar-refractivity contribution is 0.0147. The molecule has 2 atom stereocenters. The third kappa shape index (κ3) is 3.59. The summed E-state index contributed by atoms with van der Waals surface area (Å²) in [6.45, 7) is 10.7.